The van der Waals surface area contributed by atoms with Gasteiger partial charge in [0.1, 0.15) is 0 Å². The summed E-state index contributed by atoms with van der Waals surface area (Å²) >= 11 is 0. The van der Waals surface area contributed by atoms with E-state index in [1.807, 2.05) is 0 Å². The van der Waals surface area contributed by atoms with Gasteiger partial charge in [0.15, 0.2) is 0 Å². The van der Waals surface area contributed by atoms with Gasteiger partial charge in [-0.15, -0.1) is 0 Å². The molecule has 9 aromatic rings. The second-order valence-corrected chi connectivity index (χ2v) is 9.21. The molecule has 9 aromatic carbocycles. The van der Waals surface area contributed by atoms with Gasteiger partial charge >= 0.3 is 0 Å². The summed E-state index contributed by atoms with van der Waals surface area (Å²) in [4.78, 5) is 0. The Morgan fingerprint density at radius 1 is 0.188 bits per heavy atom. The summed E-state index contributed by atoms with van der Waals surface area (Å²) in [6.07, 6.45) is 0. The lowest BCUT2D eigenvalue weighted by Crippen LogP contribution is -1.85. The van der Waals surface area contributed by atoms with Crippen molar-refractivity contribution in [1.29, 1.82) is 0 Å². The molecule has 0 amide bonds. The zero-order valence-electron chi connectivity index (χ0n) is 17.2. The Labute approximate surface area is 183 Å². The van der Waals surface area contributed by atoms with E-state index in [1.165, 1.54) is 86.2 Å². The lowest BCUT2D eigenvalue weighted by atomic mass is 9.89. The van der Waals surface area contributed by atoms with Crippen molar-refractivity contribution >= 4 is 86.2 Å². The molecule has 0 aliphatic carbocycles. The van der Waals surface area contributed by atoms with E-state index in [4.69, 9.17) is 0 Å². The standard InChI is InChI=1S/C32H16/c1-2-8-18-17(7-1)23-13-15-25-19-9-3-5-11-21(19)27-22-12-6-4-10-20(22)26-16-14-24(18)29-28(23)30(25)32(27)31(26)29/h1-16H. The van der Waals surface area contributed by atoms with Gasteiger partial charge in [-0.2, -0.15) is 0 Å². The molecule has 0 aromatic heterocycles. The molecule has 9 rings (SSSR count). The zero-order valence-corrected chi connectivity index (χ0v) is 17.2. The summed E-state index contributed by atoms with van der Waals surface area (Å²) in [7, 11) is 0. The molecule has 0 bridgehead atoms. The van der Waals surface area contributed by atoms with Crippen molar-refractivity contribution in [3.8, 4) is 0 Å². The van der Waals surface area contributed by atoms with Gasteiger partial charge in [-0.1, -0.05) is 97.1 Å². The van der Waals surface area contributed by atoms with Crippen LogP contribution in [-0.4, -0.2) is 0 Å². The molecule has 0 heteroatoms. The summed E-state index contributed by atoms with van der Waals surface area (Å²) in [6, 6.07) is 36.3. The first-order valence-electron chi connectivity index (χ1n) is 11.3. The highest BCUT2D eigenvalue weighted by Gasteiger charge is 2.25. The Kier molecular flexibility index (Phi) is 2.44. The molecule has 0 atom stereocenters. The third-order valence-corrected chi connectivity index (χ3v) is 7.89. The van der Waals surface area contributed by atoms with Crippen molar-refractivity contribution in [2.24, 2.45) is 0 Å². The second kappa shape index (κ2) is 5.00. The molecule has 0 heterocycles. The van der Waals surface area contributed by atoms with Crippen LogP contribution in [0.2, 0.25) is 0 Å². The number of hydrogen-bond acceptors (Lipinski definition) is 0. The minimum atomic E-state index is 1.36. The predicted octanol–water partition coefficient (Wildman–Crippen LogP) is 9.23. The van der Waals surface area contributed by atoms with Crippen LogP contribution in [0, 0.1) is 0 Å². The van der Waals surface area contributed by atoms with Crippen molar-refractivity contribution in [3.05, 3.63) is 97.1 Å². The Balaban J connectivity index is 1.84. The molecule has 0 N–H and O–H groups in total. The highest BCUT2D eigenvalue weighted by atomic mass is 14.3. The van der Waals surface area contributed by atoms with Gasteiger partial charge in [0, 0.05) is 0 Å². The normalized spacial score (nSPS) is 13.0. The van der Waals surface area contributed by atoms with Crippen LogP contribution in [0.15, 0.2) is 97.1 Å². The molecular weight excluding hydrogens is 384 g/mol. The number of rotatable bonds is 0. The van der Waals surface area contributed by atoms with Crippen molar-refractivity contribution in [2.45, 2.75) is 0 Å². The highest BCUT2D eigenvalue weighted by molar-refractivity contribution is 6.54. The van der Waals surface area contributed by atoms with Gasteiger partial charge in [0.2, 0.25) is 0 Å². The maximum Gasteiger partial charge on any atom is -0.0000929 e. The second-order valence-electron chi connectivity index (χ2n) is 9.21. The first-order chi connectivity index (χ1) is 15.9. The zero-order chi connectivity index (χ0) is 20.6. The third-order valence-electron chi connectivity index (χ3n) is 7.89. The molecule has 0 nitrogen and oxygen atoms in total. The lowest BCUT2D eigenvalue weighted by Gasteiger charge is -2.13. The molecule has 32 heavy (non-hydrogen) atoms. The molecule has 0 spiro atoms. The van der Waals surface area contributed by atoms with E-state index in [0.29, 0.717) is 0 Å². The fourth-order valence-electron chi connectivity index (χ4n) is 6.76. The van der Waals surface area contributed by atoms with Crippen LogP contribution in [0.25, 0.3) is 86.2 Å². The highest BCUT2D eigenvalue weighted by Crippen LogP contribution is 2.54. The third kappa shape index (κ3) is 1.51. The van der Waals surface area contributed by atoms with Gasteiger partial charge in [-0.3, -0.25) is 0 Å². The average Bonchev–Trinajstić information content (AvgIpc) is 3.22. The smallest absolute Gasteiger partial charge is 0.0000929 e. The van der Waals surface area contributed by atoms with Crippen molar-refractivity contribution in [1.82, 2.24) is 0 Å². The van der Waals surface area contributed by atoms with Crippen LogP contribution in [0.3, 0.4) is 0 Å². The van der Waals surface area contributed by atoms with E-state index >= 15 is 0 Å². The molecular formula is C32H16. The number of hydrogen-bond donors (Lipinski definition) is 0. The Morgan fingerprint density at radius 2 is 0.438 bits per heavy atom. The topological polar surface area (TPSA) is 0 Å². The summed E-state index contributed by atoms with van der Waals surface area (Å²) in [5.74, 6) is 0. The molecule has 0 aliphatic rings. The number of fused-ring (bicyclic) bond motifs is 9. The van der Waals surface area contributed by atoms with Crippen LogP contribution in [0.1, 0.15) is 0 Å². The maximum absolute atomic E-state index is 2.37. The predicted molar refractivity (Wildman–Crippen MR) is 140 cm³/mol. The molecule has 0 saturated carbocycles. The summed E-state index contributed by atoms with van der Waals surface area (Å²) in [5.41, 5.74) is 0. The first kappa shape index (κ1) is 15.6. The summed E-state index contributed by atoms with van der Waals surface area (Å²) in [5, 5.41) is 22.3. The van der Waals surface area contributed by atoms with E-state index in [1.54, 1.807) is 0 Å². The van der Waals surface area contributed by atoms with E-state index < -0.39 is 0 Å². The quantitative estimate of drug-likeness (QED) is 0.223. The van der Waals surface area contributed by atoms with E-state index in [9.17, 15) is 0 Å². The van der Waals surface area contributed by atoms with Gasteiger partial charge < -0.3 is 0 Å². The van der Waals surface area contributed by atoms with E-state index in [2.05, 4.69) is 97.1 Å². The lowest BCUT2D eigenvalue weighted by molar-refractivity contribution is 1.82. The maximum atomic E-state index is 2.37. The molecule has 0 unspecified atom stereocenters. The molecule has 144 valence electrons. The van der Waals surface area contributed by atoms with Crippen LogP contribution >= 0.6 is 0 Å². The summed E-state index contributed by atoms with van der Waals surface area (Å²) in [6.45, 7) is 0. The fourth-order valence-corrected chi connectivity index (χ4v) is 6.76. The molecule has 0 saturated heterocycles. The van der Waals surface area contributed by atoms with Crippen LogP contribution in [0.4, 0.5) is 0 Å². The van der Waals surface area contributed by atoms with E-state index in [-0.39, 0.29) is 0 Å². The van der Waals surface area contributed by atoms with Crippen molar-refractivity contribution in [3.63, 3.8) is 0 Å². The Morgan fingerprint density at radius 3 is 0.812 bits per heavy atom. The van der Waals surface area contributed by atoms with Gasteiger partial charge in [-0.05, 0) is 86.2 Å². The van der Waals surface area contributed by atoms with Gasteiger partial charge in [0.25, 0.3) is 0 Å². The van der Waals surface area contributed by atoms with Crippen molar-refractivity contribution < 1.29 is 0 Å². The SMILES string of the molecule is c1ccc2c(c1)c1ccc3c4ccccc4c4c5ccccc5c5ccc2c2c1c3c4c52. The minimum absolute atomic E-state index is 1.36. The largest absolute Gasteiger partial charge is 0.0616 e. The van der Waals surface area contributed by atoms with Crippen LogP contribution in [-0.2, 0) is 0 Å². The monoisotopic (exact) mass is 400 g/mol. The molecule has 0 fully saturated rings. The molecule has 0 aliphatic heterocycles. The van der Waals surface area contributed by atoms with Crippen LogP contribution in [0.5, 0.6) is 0 Å². The molecule has 0 radical (unpaired) electrons. The first-order valence-corrected chi connectivity index (χ1v) is 11.3. The summed E-state index contributed by atoms with van der Waals surface area (Å²) < 4.78 is 0. The Bertz CT molecular complexity index is 2030. The average molecular weight is 400 g/mol. The Hall–Kier alpha value is -4.16. The minimum Gasteiger partial charge on any atom is -0.0616 e. The number of benzene rings is 8. The van der Waals surface area contributed by atoms with Crippen molar-refractivity contribution in [2.75, 3.05) is 0 Å². The van der Waals surface area contributed by atoms with Crippen LogP contribution < -0.4 is 0 Å². The van der Waals surface area contributed by atoms with E-state index in [0.717, 1.165) is 0 Å². The van der Waals surface area contributed by atoms with Gasteiger partial charge in [0.05, 0.1) is 0 Å². The van der Waals surface area contributed by atoms with Gasteiger partial charge in [-0.25, -0.2) is 0 Å². The fraction of sp³-hybridized carbons (Fsp3) is 0.